The van der Waals surface area contributed by atoms with Crippen LogP contribution in [-0.2, 0) is 0 Å². The summed E-state index contributed by atoms with van der Waals surface area (Å²) in [5.74, 6) is 1.38. The Morgan fingerprint density at radius 2 is 2.21 bits per heavy atom. The SMILES string of the molecule is CNCC1CC1c1ccc(Cl)cc1Cl. The first-order valence-electron chi connectivity index (χ1n) is 4.82. The topological polar surface area (TPSA) is 12.0 Å². The first-order valence-corrected chi connectivity index (χ1v) is 5.57. The summed E-state index contributed by atoms with van der Waals surface area (Å²) in [6.07, 6.45) is 1.24. The van der Waals surface area contributed by atoms with Gasteiger partial charge in [-0.15, -0.1) is 0 Å². The molecule has 14 heavy (non-hydrogen) atoms. The molecule has 1 aliphatic carbocycles. The molecule has 1 N–H and O–H groups in total. The Balaban J connectivity index is 2.11. The van der Waals surface area contributed by atoms with E-state index in [1.807, 2.05) is 25.2 Å². The van der Waals surface area contributed by atoms with Gasteiger partial charge in [-0.05, 0) is 49.5 Å². The van der Waals surface area contributed by atoms with Crippen molar-refractivity contribution in [3.8, 4) is 0 Å². The number of halogens is 2. The summed E-state index contributed by atoms with van der Waals surface area (Å²) in [6.45, 7) is 1.07. The molecule has 0 radical (unpaired) electrons. The van der Waals surface area contributed by atoms with Crippen LogP contribution in [0, 0.1) is 5.92 Å². The highest BCUT2D eigenvalue weighted by Gasteiger charge is 2.38. The van der Waals surface area contributed by atoms with Crippen molar-refractivity contribution < 1.29 is 0 Å². The molecule has 0 aromatic heterocycles. The van der Waals surface area contributed by atoms with Crippen molar-refractivity contribution in [2.45, 2.75) is 12.3 Å². The van der Waals surface area contributed by atoms with Gasteiger partial charge in [0.1, 0.15) is 0 Å². The van der Waals surface area contributed by atoms with Crippen LogP contribution in [0.3, 0.4) is 0 Å². The van der Waals surface area contributed by atoms with Gasteiger partial charge in [0.15, 0.2) is 0 Å². The molecule has 0 bridgehead atoms. The zero-order chi connectivity index (χ0) is 10.1. The Morgan fingerprint density at radius 1 is 1.43 bits per heavy atom. The van der Waals surface area contributed by atoms with Crippen LogP contribution in [0.25, 0.3) is 0 Å². The van der Waals surface area contributed by atoms with Crippen molar-refractivity contribution in [1.82, 2.24) is 5.32 Å². The molecule has 0 amide bonds. The number of hydrogen-bond acceptors (Lipinski definition) is 1. The van der Waals surface area contributed by atoms with Gasteiger partial charge in [0, 0.05) is 10.0 Å². The number of nitrogens with one attached hydrogen (secondary N) is 1. The van der Waals surface area contributed by atoms with E-state index >= 15 is 0 Å². The van der Waals surface area contributed by atoms with Gasteiger partial charge in [0.2, 0.25) is 0 Å². The molecule has 76 valence electrons. The second-order valence-corrected chi connectivity index (χ2v) is 4.67. The maximum absolute atomic E-state index is 6.13. The molecule has 2 rings (SSSR count). The average molecular weight is 230 g/mol. The van der Waals surface area contributed by atoms with E-state index in [2.05, 4.69) is 5.32 Å². The lowest BCUT2D eigenvalue weighted by molar-refractivity contribution is 0.698. The van der Waals surface area contributed by atoms with E-state index < -0.39 is 0 Å². The molecule has 1 aliphatic rings. The smallest absolute Gasteiger partial charge is 0.0455 e. The van der Waals surface area contributed by atoms with Crippen LogP contribution < -0.4 is 5.32 Å². The van der Waals surface area contributed by atoms with Crippen molar-refractivity contribution in [3.63, 3.8) is 0 Å². The Bertz CT molecular complexity index is 338. The van der Waals surface area contributed by atoms with Crippen molar-refractivity contribution in [3.05, 3.63) is 33.8 Å². The predicted molar refractivity (Wildman–Crippen MR) is 61.2 cm³/mol. The maximum atomic E-state index is 6.13. The van der Waals surface area contributed by atoms with Crippen LogP contribution in [0.5, 0.6) is 0 Å². The third kappa shape index (κ3) is 2.05. The molecule has 0 spiro atoms. The summed E-state index contributed by atoms with van der Waals surface area (Å²) in [7, 11) is 1.98. The van der Waals surface area contributed by atoms with Crippen LogP contribution >= 0.6 is 23.2 Å². The molecular weight excluding hydrogens is 217 g/mol. The van der Waals surface area contributed by atoms with E-state index in [0.29, 0.717) is 10.9 Å². The van der Waals surface area contributed by atoms with Crippen molar-refractivity contribution >= 4 is 23.2 Å². The van der Waals surface area contributed by atoms with E-state index in [0.717, 1.165) is 17.5 Å². The van der Waals surface area contributed by atoms with Crippen LogP contribution in [0.4, 0.5) is 0 Å². The largest absolute Gasteiger partial charge is 0.319 e. The zero-order valence-corrected chi connectivity index (χ0v) is 9.57. The van der Waals surface area contributed by atoms with Gasteiger partial charge in [-0.25, -0.2) is 0 Å². The van der Waals surface area contributed by atoms with Crippen molar-refractivity contribution in [1.29, 1.82) is 0 Å². The average Bonchev–Trinajstić information content (AvgIpc) is 2.84. The molecule has 2 unspecified atom stereocenters. The molecular formula is C11H13Cl2N. The van der Waals surface area contributed by atoms with E-state index in [1.165, 1.54) is 12.0 Å². The fraction of sp³-hybridized carbons (Fsp3) is 0.455. The number of hydrogen-bond donors (Lipinski definition) is 1. The highest BCUT2D eigenvalue weighted by Crippen LogP contribution is 2.49. The molecule has 1 aromatic carbocycles. The van der Waals surface area contributed by atoms with Crippen molar-refractivity contribution in [2.75, 3.05) is 13.6 Å². The third-order valence-electron chi connectivity index (χ3n) is 2.75. The lowest BCUT2D eigenvalue weighted by atomic mass is 10.1. The molecule has 1 nitrogen and oxygen atoms in total. The summed E-state index contributed by atoms with van der Waals surface area (Å²) < 4.78 is 0. The number of benzene rings is 1. The highest BCUT2D eigenvalue weighted by molar-refractivity contribution is 6.35. The minimum atomic E-state index is 0.632. The van der Waals surface area contributed by atoms with Crippen LogP contribution in [0.2, 0.25) is 10.0 Å². The Labute approximate surface area is 94.4 Å². The lowest BCUT2D eigenvalue weighted by Crippen LogP contribution is -2.10. The van der Waals surface area contributed by atoms with E-state index in [1.54, 1.807) is 0 Å². The highest BCUT2D eigenvalue weighted by atomic mass is 35.5. The molecule has 1 aromatic rings. The second-order valence-electron chi connectivity index (χ2n) is 3.83. The summed E-state index contributed by atoms with van der Waals surface area (Å²) >= 11 is 12.0. The molecule has 1 fully saturated rings. The fourth-order valence-corrected chi connectivity index (χ4v) is 2.47. The molecule has 2 atom stereocenters. The molecule has 0 aliphatic heterocycles. The van der Waals surface area contributed by atoms with Gasteiger partial charge in [-0.2, -0.15) is 0 Å². The third-order valence-corrected chi connectivity index (χ3v) is 3.31. The Morgan fingerprint density at radius 3 is 2.86 bits per heavy atom. The van der Waals surface area contributed by atoms with Crippen molar-refractivity contribution in [2.24, 2.45) is 5.92 Å². The summed E-state index contributed by atoms with van der Waals surface area (Å²) in [6, 6.07) is 5.79. The number of rotatable bonds is 3. The molecule has 0 saturated heterocycles. The molecule has 0 heterocycles. The van der Waals surface area contributed by atoms with Crippen LogP contribution in [-0.4, -0.2) is 13.6 Å². The van der Waals surface area contributed by atoms with Gasteiger partial charge >= 0.3 is 0 Å². The molecule has 1 saturated carbocycles. The second kappa shape index (κ2) is 4.09. The van der Waals surface area contributed by atoms with Gasteiger partial charge in [0.25, 0.3) is 0 Å². The lowest BCUT2D eigenvalue weighted by Gasteiger charge is -2.03. The van der Waals surface area contributed by atoms with Gasteiger partial charge in [-0.1, -0.05) is 29.3 Å². The van der Waals surface area contributed by atoms with Gasteiger partial charge < -0.3 is 5.32 Å². The summed E-state index contributed by atoms with van der Waals surface area (Å²) in [4.78, 5) is 0. The predicted octanol–water partition coefficient (Wildman–Crippen LogP) is 3.32. The first-order chi connectivity index (χ1) is 6.72. The standard InChI is InChI=1S/C11H13Cl2N/c1-14-6-7-4-10(7)9-3-2-8(12)5-11(9)13/h2-3,5,7,10,14H,4,6H2,1H3. The minimum Gasteiger partial charge on any atom is -0.319 e. The normalized spacial score (nSPS) is 25.1. The Kier molecular flexibility index (Phi) is 3.01. The van der Waals surface area contributed by atoms with Gasteiger partial charge in [0.05, 0.1) is 0 Å². The minimum absolute atomic E-state index is 0.632. The quantitative estimate of drug-likeness (QED) is 0.839. The van der Waals surface area contributed by atoms with E-state index in [9.17, 15) is 0 Å². The summed E-state index contributed by atoms with van der Waals surface area (Å²) in [5.41, 5.74) is 1.25. The van der Waals surface area contributed by atoms with E-state index in [4.69, 9.17) is 23.2 Å². The van der Waals surface area contributed by atoms with E-state index in [-0.39, 0.29) is 0 Å². The monoisotopic (exact) mass is 229 g/mol. The van der Waals surface area contributed by atoms with Crippen LogP contribution in [0.15, 0.2) is 18.2 Å². The van der Waals surface area contributed by atoms with Crippen LogP contribution in [0.1, 0.15) is 17.9 Å². The zero-order valence-electron chi connectivity index (χ0n) is 8.06. The summed E-state index contributed by atoms with van der Waals surface area (Å²) in [5, 5.41) is 4.71. The Hall–Kier alpha value is -0.240. The molecule has 3 heteroatoms. The first kappa shape index (κ1) is 10.3. The van der Waals surface area contributed by atoms with Gasteiger partial charge in [-0.3, -0.25) is 0 Å². The fourth-order valence-electron chi connectivity index (χ4n) is 1.92. The maximum Gasteiger partial charge on any atom is 0.0455 e.